The van der Waals surface area contributed by atoms with Gasteiger partial charge in [-0.05, 0) is 48.5 Å². The van der Waals surface area contributed by atoms with Crippen LogP contribution in [0.2, 0.25) is 0 Å². The Labute approximate surface area is 199 Å². The van der Waals surface area contributed by atoms with Gasteiger partial charge >= 0.3 is 6.18 Å². The molecule has 2 aromatic heterocycles. The maximum Gasteiger partial charge on any atom is 0.416 e. The van der Waals surface area contributed by atoms with Crippen LogP contribution in [-0.4, -0.2) is 19.7 Å². The maximum absolute atomic E-state index is 13.5. The summed E-state index contributed by atoms with van der Waals surface area (Å²) in [5, 5.41) is 4.48. The quantitative estimate of drug-likeness (QED) is 0.171. The third-order valence-corrected chi connectivity index (χ3v) is 5.99. The Morgan fingerprint density at radius 2 is 1.71 bits per heavy atom. The highest BCUT2D eigenvalue weighted by Gasteiger charge is 2.30. The molecule has 0 N–H and O–H groups in total. The van der Waals surface area contributed by atoms with Crippen molar-refractivity contribution in [3.05, 3.63) is 100 Å². The monoisotopic (exact) mass is 498 g/mol. The van der Waals surface area contributed by atoms with Crippen molar-refractivity contribution in [3.63, 3.8) is 0 Å². The van der Waals surface area contributed by atoms with Crippen LogP contribution in [0.4, 0.5) is 17.6 Å². The van der Waals surface area contributed by atoms with Crippen molar-refractivity contribution in [2.24, 2.45) is 0 Å². The van der Waals surface area contributed by atoms with Crippen molar-refractivity contribution in [1.29, 1.82) is 0 Å². The van der Waals surface area contributed by atoms with Crippen molar-refractivity contribution in [2.75, 3.05) is 0 Å². The van der Waals surface area contributed by atoms with Crippen LogP contribution in [0.3, 0.4) is 0 Å². The average Bonchev–Trinajstić information content (AvgIpc) is 3.32. The number of aromatic nitrogens is 4. The van der Waals surface area contributed by atoms with Crippen molar-refractivity contribution in [3.8, 4) is 17.1 Å². The minimum atomic E-state index is -4.50. The fourth-order valence-electron chi connectivity index (χ4n) is 3.42. The van der Waals surface area contributed by atoms with E-state index < -0.39 is 17.6 Å². The van der Waals surface area contributed by atoms with Crippen molar-refractivity contribution in [2.45, 2.75) is 17.1 Å². The summed E-state index contributed by atoms with van der Waals surface area (Å²) in [7, 11) is 0. The average molecular weight is 498 g/mol. The number of rotatable bonds is 5. The standard InChI is InChI=1S/C24H14F4N4O2S/c25-16-8-10-17(11-9-16)32-22(33)18-6-1-2-7-19(18)29-23(32)35-13-20-30-21(31-34-20)14-4-3-5-15(12-14)24(26,27)28/h1-12H,13H2. The Hall–Kier alpha value is -3.99. The molecule has 0 radical (unpaired) electrons. The van der Waals surface area contributed by atoms with Crippen LogP contribution in [0.5, 0.6) is 0 Å². The van der Waals surface area contributed by atoms with Gasteiger partial charge in [-0.3, -0.25) is 9.36 Å². The SMILES string of the molecule is O=c1c2ccccc2nc(SCc2nc(-c3cccc(C(F)(F)F)c3)no2)n1-c1ccc(F)cc1. The predicted molar refractivity (Wildman–Crippen MR) is 122 cm³/mol. The van der Waals surface area contributed by atoms with Crippen molar-refractivity contribution >= 4 is 22.7 Å². The third kappa shape index (κ3) is 4.67. The first-order valence-corrected chi connectivity index (χ1v) is 11.2. The fourth-order valence-corrected chi connectivity index (χ4v) is 4.27. The summed E-state index contributed by atoms with van der Waals surface area (Å²) in [4.78, 5) is 22.0. The number of halogens is 4. The van der Waals surface area contributed by atoms with Crippen LogP contribution in [0.1, 0.15) is 11.5 Å². The highest BCUT2D eigenvalue weighted by Crippen LogP contribution is 2.32. The van der Waals surface area contributed by atoms with Crippen molar-refractivity contribution in [1.82, 2.24) is 19.7 Å². The number of para-hydroxylation sites is 1. The van der Waals surface area contributed by atoms with E-state index in [1.807, 2.05) is 0 Å². The molecule has 0 aliphatic carbocycles. The van der Waals surface area contributed by atoms with E-state index in [1.165, 1.54) is 41.0 Å². The van der Waals surface area contributed by atoms with Crippen molar-refractivity contribution < 1.29 is 22.1 Å². The molecule has 0 atom stereocenters. The zero-order valence-corrected chi connectivity index (χ0v) is 18.5. The number of thioether (sulfide) groups is 1. The normalized spacial score (nSPS) is 11.8. The van der Waals surface area contributed by atoms with Gasteiger partial charge < -0.3 is 4.52 Å². The van der Waals surface area contributed by atoms with Crippen LogP contribution in [0.15, 0.2) is 87.3 Å². The molecule has 0 saturated carbocycles. The molecule has 2 heterocycles. The number of fused-ring (bicyclic) bond motifs is 1. The van der Waals surface area contributed by atoms with Crippen LogP contribution in [0.25, 0.3) is 28.0 Å². The first kappa shape index (κ1) is 22.8. The van der Waals surface area contributed by atoms with Gasteiger partial charge in [0, 0.05) is 5.56 Å². The van der Waals surface area contributed by atoms with Crippen LogP contribution >= 0.6 is 11.8 Å². The molecule has 6 nitrogen and oxygen atoms in total. The summed E-state index contributed by atoms with van der Waals surface area (Å²) in [6.45, 7) is 0. The van der Waals surface area contributed by atoms with Crippen LogP contribution < -0.4 is 5.56 Å². The molecular weight excluding hydrogens is 484 g/mol. The van der Waals surface area contributed by atoms with Gasteiger partial charge in [0.1, 0.15) is 5.82 Å². The Morgan fingerprint density at radius 3 is 2.49 bits per heavy atom. The van der Waals surface area contributed by atoms with E-state index in [1.54, 1.807) is 24.3 Å². The number of alkyl halides is 3. The third-order valence-electron chi connectivity index (χ3n) is 5.07. The summed E-state index contributed by atoms with van der Waals surface area (Å²) in [6, 6.07) is 16.9. The molecule has 0 bridgehead atoms. The molecule has 0 fully saturated rings. The number of benzene rings is 3. The lowest BCUT2D eigenvalue weighted by molar-refractivity contribution is -0.137. The lowest BCUT2D eigenvalue weighted by atomic mass is 10.1. The Balaban J connectivity index is 1.47. The van der Waals surface area contributed by atoms with E-state index in [2.05, 4.69) is 15.1 Å². The molecule has 0 aliphatic heterocycles. The number of hydrogen-bond acceptors (Lipinski definition) is 6. The highest BCUT2D eigenvalue weighted by atomic mass is 32.2. The predicted octanol–water partition coefficient (Wildman–Crippen LogP) is 5.89. The van der Waals surface area contributed by atoms with Gasteiger partial charge in [-0.15, -0.1) is 0 Å². The van der Waals surface area contributed by atoms with Gasteiger partial charge in [-0.2, -0.15) is 18.2 Å². The molecule has 35 heavy (non-hydrogen) atoms. The second-order valence-electron chi connectivity index (χ2n) is 7.41. The van der Waals surface area contributed by atoms with Gasteiger partial charge in [0.15, 0.2) is 5.16 Å². The highest BCUT2D eigenvalue weighted by molar-refractivity contribution is 7.98. The molecular formula is C24H14F4N4O2S. The van der Waals surface area contributed by atoms with Gasteiger partial charge in [-0.25, -0.2) is 9.37 Å². The molecule has 3 aromatic carbocycles. The zero-order valence-electron chi connectivity index (χ0n) is 17.7. The van der Waals surface area contributed by atoms with E-state index in [4.69, 9.17) is 4.52 Å². The topological polar surface area (TPSA) is 73.8 Å². The molecule has 0 unspecified atom stereocenters. The van der Waals surface area contributed by atoms with E-state index in [-0.39, 0.29) is 28.6 Å². The second kappa shape index (κ2) is 8.99. The van der Waals surface area contributed by atoms with Crippen LogP contribution in [0, 0.1) is 5.82 Å². The molecule has 0 aliphatic rings. The molecule has 11 heteroatoms. The molecule has 5 rings (SSSR count). The Bertz CT molecular complexity index is 1580. The number of nitrogens with zero attached hydrogens (tertiary/aromatic N) is 4. The lowest BCUT2D eigenvalue weighted by Gasteiger charge is -2.12. The largest absolute Gasteiger partial charge is 0.416 e. The summed E-state index contributed by atoms with van der Waals surface area (Å²) in [6.07, 6.45) is -4.50. The lowest BCUT2D eigenvalue weighted by Crippen LogP contribution is -2.21. The van der Waals surface area contributed by atoms with E-state index in [9.17, 15) is 22.4 Å². The smallest absolute Gasteiger partial charge is 0.338 e. The van der Waals surface area contributed by atoms with Gasteiger partial charge in [0.2, 0.25) is 11.7 Å². The van der Waals surface area contributed by atoms with Crippen LogP contribution in [-0.2, 0) is 11.9 Å². The molecule has 176 valence electrons. The second-order valence-corrected chi connectivity index (χ2v) is 8.35. The fraction of sp³-hybridized carbons (Fsp3) is 0.0833. The number of hydrogen-bond donors (Lipinski definition) is 0. The molecule has 5 aromatic rings. The summed E-state index contributed by atoms with van der Waals surface area (Å²) >= 11 is 1.13. The van der Waals surface area contributed by atoms with E-state index in [0.29, 0.717) is 21.7 Å². The minimum absolute atomic E-state index is 0.00842. The van der Waals surface area contributed by atoms with Gasteiger partial charge in [0.25, 0.3) is 5.56 Å². The maximum atomic E-state index is 13.5. The first-order valence-electron chi connectivity index (χ1n) is 10.2. The van der Waals surface area contributed by atoms with E-state index in [0.717, 1.165) is 23.9 Å². The summed E-state index contributed by atoms with van der Waals surface area (Å²) in [5.41, 5.74) is -0.0907. The Kier molecular flexibility index (Phi) is 5.85. The summed E-state index contributed by atoms with van der Waals surface area (Å²) < 4.78 is 59.1. The van der Waals surface area contributed by atoms with Gasteiger partial charge in [0.05, 0.1) is 27.9 Å². The summed E-state index contributed by atoms with van der Waals surface area (Å²) in [5.74, 6) is -0.208. The molecule has 0 amide bonds. The van der Waals surface area contributed by atoms with Gasteiger partial charge in [-0.1, -0.05) is 41.2 Å². The molecule has 0 spiro atoms. The Morgan fingerprint density at radius 1 is 0.943 bits per heavy atom. The van der Waals surface area contributed by atoms with E-state index >= 15 is 0 Å². The molecule has 0 saturated heterocycles. The first-order chi connectivity index (χ1) is 16.8. The zero-order chi connectivity index (χ0) is 24.6. The minimum Gasteiger partial charge on any atom is -0.338 e.